The Morgan fingerprint density at radius 3 is 2.30 bits per heavy atom. The summed E-state index contributed by atoms with van der Waals surface area (Å²) in [7, 11) is 0. The third-order valence-corrected chi connectivity index (χ3v) is 5.52. The molecule has 0 aliphatic heterocycles. The zero-order valence-electron chi connectivity index (χ0n) is 16.0. The van der Waals surface area contributed by atoms with Gasteiger partial charge in [0, 0.05) is 28.1 Å². The van der Waals surface area contributed by atoms with Gasteiger partial charge in [-0.3, -0.25) is 20.2 Å². The highest BCUT2D eigenvalue weighted by molar-refractivity contribution is 7.14. The van der Waals surface area contributed by atoms with Crippen molar-refractivity contribution in [2.45, 2.75) is 6.92 Å². The fourth-order valence-corrected chi connectivity index (χ4v) is 3.87. The molecule has 0 fully saturated rings. The molecule has 1 N–H and O–H groups in total. The lowest BCUT2D eigenvalue weighted by molar-refractivity contribution is -0.385. The van der Waals surface area contributed by atoms with Gasteiger partial charge in [-0.2, -0.15) is 0 Å². The standard InChI is InChI=1S/C23H17N3O3S/c1-15-19(8-5-9-21(15)26(28)29)22(27)25-23-24-20(14-30-23)18-12-10-17(11-13-18)16-6-3-2-4-7-16/h2-14H,1H3,(H,24,25,27). The number of carbonyl (C=O) groups excluding carboxylic acids is 1. The molecule has 0 aliphatic carbocycles. The van der Waals surface area contributed by atoms with Crippen molar-refractivity contribution < 1.29 is 9.72 Å². The van der Waals surface area contributed by atoms with E-state index in [9.17, 15) is 14.9 Å². The number of thiazole rings is 1. The van der Waals surface area contributed by atoms with E-state index in [-0.39, 0.29) is 11.3 Å². The molecule has 4 aromatic rings. The Kier molecular flexibility index (Phi) is 5.36. The summed E-state index contributed by atoms with van der Waals surface area (Å²) in [6, 6.07) is 22.6. The molecule has 0 bridgehead atoms. The topological polar surface area (TPSA) is 85.1 Å². The van der Waals surface area contributed by atoms with E-state index in [2.05, 4.69) is 22.4 Å². The average Bonchev–Trinajstić information content (AvgIpc) is 3.23. The van der Waals surface area contributed by atoms with Gasteiger partial charge in [-0.1, -0.05) is 60.7 Å². The number of hydrogen-bond donors (Lipinski definition) is 1. The number of nitro benzene ring substituents is 1. The summed E-state index contributed by atoms with van der Waals surface area (Å²) in [6.07, 6.45) is 0. The molecule has 1 heterocycles. The highest BCUT2D eigenvalue weighted by Crippen LogP contribution is 2.28. The van der Waals surface area contributed by atoms with Gasteiger partial charge in [-0.05, 0) is 24.1 Å². The monoisotopic (exact) mass is 415 g/mol. The molecule has 0 unspecified atom stereocenters. The largest absolute Gasteiger partial charge is 0.298 e. The first kappa shape index (κ1) is 19.5. The van der Waals surface area contributed by atoms with E-state index in [1.54, 1.807) is 13.0 Å². The van der Waals surface area contributed by atoms with Crippen LogP contribution in [-0.4, -0.2) is 15.8 Å². The lowest BCUT2D eigenvalue weighted by atomic mass is 10.0. The predicted octanol–water partition coefficient (Wildman–Crippen LogP) is 5.95. The van der Waals surface area contributed by atoms with Crippen molar-refractivity contribution in [2.24, 2.45) is 0 Å². The normalized spacial score (nSPS) is 10.6. The van der Waals surface area contributed by atoms with Gasteiger partial charge in [-0.25, -0.2) is 4.98 Å². The van der Waals surface area contributed by atoms with Crippen LogP contribution >= 0.6 is 11.3 Å². The molecule has 0 spiro atoms. The molecule has 0 atom stereocenters. The summed E-state index contributed by atoms with van der Waals surface area (Å²) in [6.45, 7) is 1.56. The van der Waals surface area contributed by atoms with Crippen LogP contribution in [0.2, 0.25) is 0 Å². The van der Waals surface area contributed by atoms with E-state index in [0.717, 1.165) is 22.4 Å². The zero-order chi connectivity index (χ0) is 21.1. The number of hydrogen-bond acceptors (Lipinski definition) is 5. The third kappa shape index (κ3) is 3.97. The Labute approximate surface area is 177 Å². The molecule has 0 radical (unpaired) electrons. The van der Waals surface area contributed by atoms with Crippen molar-refractivity contribution in [2.75, 3.05) is 5.32 Å². The number of rotatable bonds is 5. The van der Waals surface area contributed by atoms with Gasteiger partial charge >= 0.3 is 0 Å². The highest BCUT2D eigenvalue weighted by Gasteiger charge is 2.19. The van der Waals surface area contributed by atoms with Crippen molar-refractivity contribution >= 4 is 28.1 Å². The number of nitrogens with zero attached hydrogens (tertiary/aromatic N) is 2. The van der Waals surface area contributed by atoms with Gasteiger partial charge in [-0.15, -0.1) is 11.3 Å². The van der Waals surface area contributed by atoms with Crippen LogP contribution in [0, 0.1) is 17.0 Å². The number of amides is 1. The first-order valence-electron chi connectivity index (χ1n) is 9.19. The zero-order valence-corrected chi connectivity index (χ0v) is 16.8. The highest BCUT2D eigenvalue weighted by atomic mass is 32.1. The second-order valence-corrected chi connectivity index (χ2v) is 7.50. The van der Waals surface area contributed by atoms with Gasteiger partial charge in [0.1, 0.15) is 0 Å². The van der Waals surface area contributed by atoms with E-state index < -0.39 is 10.8 Å². The molecule has 0 saturated carbocycles. The number of benzene rings is 3. The first-order valence-corrected chi connectivity index (χ1v) is 10.1. The Bertz CT molecular complexity index is 1220. The van der Waals surface area contributed by atoms with Crippen LogP contribution in [0.5, 0.6) is 0 Å². The van der Waals surface area contributed by atoms with E-state index in [1.807, 2.05) is 47.8 Å². The van der Waals surface area contributed by atoms with E-state index in [0.29, 0.717) is 10.7 Å². The minimum absolute atomic E-state index is 0.0824. The maximum absolute atomic E-state index is 12.6. The smallest absolute Gasteiger partial charge is 0.273 e. The van der Waals surface area contributed by atoms with Gasteiger partial charge < -0.3 is 0 Å². The minimum Gasteiger partial charge on any atom is -0.298 e. The lowest BCUT2D eigenvalue weighted by Gasteiger charge is -2.06. The van der Waals surface area contributed by atoms with Crippen molar-refractivity contribution in [3.63, 3.8) is 0 Å². The summed E-state index contributed by atoms with van der Waals surface area (Å²) in [5.41, 5.74) is 4.46. The van der Waals surface area contributed by atoms with E-state index >= 15 is 0 Å². The molecule has 3 aromatic carbocycles. The van der Waals surface area contributed by atoms with Gasteiger partial charge in [0.2, 0.25) is 0 Å². The van der Waals surface area contributed by atoms with Crippen LogP contribution < -0.4 is 5.32 Å². The molecule has 0 saturated heterocycles. The fourth-order valence-electron chi connectivity index (χ4n) is 3.16. The molecule has 0 aliphatic rings. The molecule has 1 amide bonds. The molecule has 1 aromatic heterocycles. The number of anilines is 1. The molecular weight excluding hydrogens is 398 g/mol. The van der Waals surface area contributed by atoms with Crippen LogP contribution in [0.4, 0.5) is 10.8 Å². The average molecular weight is 415 g/mol. The number of aromatic nitrogens is 1. The summed E-state index contributed by atoms with van der Waals surface area (Å²) in [4.78, 5) is 27.7. The van der Waals surface area contributed by atoms with Crippen molar-refractivity contribution in [1.82, 2.24) is 4.98 Å². The third-order valence-electron chi connectivity index (χ3n) is 4.76. The molecular formula is C23H17N3O3S. The van der Waals surface area contributed by atoms with Gasteiger partial charge in [0.15, 0.2) is 5.13 Å². The number of nitrogens with one attached hydrogen (secondary N) is 1. The van der Waals surface area contributed by atoms with E-state index in [4.69, 9.17) is 0 Å². The van der Waals surface area contributed by atoms with Crippen LogP contribution in [-0.2, 0) is 0 Å². The number of nitro groups is 1. The summed E-state index contributed by atoms with van der Waals surface area (Å²) < 4.78 is 0. The molecule has 148 valence electrons. The maximum atomic E-state index is 12.6. The predicted molar refractivity (Wildman–Crippen MR) is 119 cm³/mol. The van der Waals surface area contributed by atoms with Gasteiger partial charge in [0.25, 0.3) is 11.6 Å². The lowest BCUT2D eigenvalue weighted by Crippen LogP contribution is -2.14. The fraction of sp³-hybridized carbons (Fsp3) is 0.0435. The van der Waals surface area contributed by atoms with Crippen molar-refractivity contribution in [3.8, 4) is 22.4 Å². The summed E-state index contributed by atoms with van der Waals surface area (Å²) >= 11 is 1.31. The second kappa shape index (κ2) is 8.26. The first-order chi connectivity index (χ1) is 14.5. The second-order valence-electron chi connectivity index (χ2n) is 6.64. The molecule has 30 heavy (non-hydrogen) atoms. The number of carbonyl (C=O) groups is 1. The Balaban J connectivity index is 1.52. The van der Waals surface area contributed by atoms with Crippen LogP contribution in [0.3, 0.4) is 0 Å². The van der Waals surface area contributed by atoms with Crippen LogP contribution in [0.15, 0.2) is 78.2 Å². The van der Waals surface area contributed by atoms with Crippen molar-refractivity contribution in [3.05, 3.63) is 99.4 Å². The van der Waals surface area contributed by atoms with E-state index in [1.165, 1.54) is 23.5 Å². The maximum Gasteiger partial charge on any atom is 0.273 e. The summed E-state index contributed by atoms with van der Waals surface area (Å²) in [5.74, 6) is -0.420. The SMILES string of the molecule is Cc1c(C(=O)Nc2nc(-c3ccc(-c4ccccc4)cc3)cs2)cccc1[N+](=O)[O-]. The van der Waals surface area contributed by atoms with Gasteiger partial charge in [0.05, 0.1) is 10.6 Å². The van der Waals surface area contributed by atoms with Crippen molar-refractivity contribution in [1.29, 1.82) is 0 Å². The summed E-state index contributed by atoms with van der Waals surface area (Å²) in [5, 5.41) is 16.1. The molecule has 6 nitrogen and oxygen atoms in total. The molecule has 7 heteroatoms. The molecule has 4 rings (SSSR count). The minimum atomic E-state index is -0.493. The Hall–Kier alpha value is -3.84. The Morgan fingerprint density at radius 2 is 1.60 bits per heavy atom. The van der Waals surface area contributed by atoms with Crippen LogP contribution in [0.25, 0.3) is 22.4 Å². The quantitative estimate of drug-likeness (QED) is 0.323. The Morgan fingerprint density at radius 1 is 0.933 bits per heavy atom. The van der Waals surface area contributed by atoms with Crippen LogP contribution in [0.1, 0.15) is 15.9 Å².